The molecule has 1 aliphatic heterocycles. The summed E-state index contributed by atoms with van der Waals surface area (Å²) in [5.41, 5.74) is 8.03. The monoisotopic (exact) mass is 324 g/mol. The molecule has 0 aliphatic carbocycles. The molecule has 122 valence electrons. The van der Waals surface area contributed by atoms with E-state index in [2.05, 4.69) is 23.3 Å². The van der Waals surface area contributed by atoms with Gasteiger partial charge in [-0.1, -0.05) is 19.1 Å². The fourth-order valence-corrected chi connectivity index (χ4v) is 3.57. The SMILES string of the molecule is CCc1cccc(NC(N)=NCC2CN(S(=O)(=O)CC)C2)c1. The molecule has 3 N–H and O–H groups in total. The zero-order valence-electron chi connectivity index (χ0n) is 13.1. The molecule has 1 saturated heterocycles. The van der Waals surface area contributed by atoms with Crippen LogP contribution in [-0.2, 0) is 16.4 Å². The van der Waals surface area contributed by atoms with Crippen LogP contribution in [0.5, 0.6) is 0 Å². The van der Waals surface area contributed by atoms with Crippen molar-refractivity contribution in [1.82, 2.24) is 4.31 Å². The molecule has 22 heavy (non-hydrogen) atoms. The molecule has 0 atom stereocenters. The average Bonchev–Trinajstić information content (AvgIpc) is 2.45. The number of aryl methyl sites for hydroxylation is 1. The van der Waals surface area contributed by atoms with Crippen molar-refractivity contribution < 1.29 is 8.42 Å². The third-order valence-corrected chi connectivity index (χ3v) is 5.62. The van der Waals surface area contributed by atoms with Gasteiger partial charge < -0.3 is 11.1 Å². The number of aliphatic imine (C=N–C) groups is 1. The molecule has 0 spiro atoms. The fraction of sp³-hybridized carbons (Fsp3) is 0.533. The Morgan fingerprint density at radius 1 is 1.41 bits per heavy atom. The Morgan fingerprint density at radius 2 is 2.14 bits per heavy atom. The second-order valence-electron chi connectivity index (χ2n) is 5.49. The Balaban J connectivity index is 1.82. The first-order chi connectivity index (χ1) is 10.4. The van der Waals surface area contributed by atoms with Crippen LogP contribution in [-0.4, -0.2) is 44.1 Å². The Kier molecular flexibility index (Phi) is 5.42. The number of sulfonamides is 1. The highest BCUT2D eigenvalue weighted by Gasteiger charge is 2.34. The number of guanidine groups is 1. The van der Waals surface area contributed by atoms with Crippen molar-refractivity contribution >= 4 is 21.7 Å². The first kappa shape index (κ1) is 16.8. The molecule has 1 aromatic carbocycles. The Hall–Kier alpha value is -1.60. The molecule has 1 aliphatic rings. The van der Waals surface area contributed by atoms with E-state index in [1.54, 1.807) is 6.92 Å². The van der Waals surface area contributed by atoms with Crippen molar-refractivity contribution in [1.29, 1.82) is 0 Å². The van der Waals surface area contributed by atoms with Crippen LogP contribution in [0.2, 0.25) is 0 Å². The molecule has 0 aromatic heterocycles. The molecule has 7 heteroatoms. The van der Waals surface area contributed by atoms with Crippen LogP contribution in [0.3, 0.4) is 0 Å². The van der Waals surface area contributed by atoms with Gasteiger partial charge in [0.05, 0.1) is 5.75 Å². The maximum absolute atomic E-state index is 11.6. The topological polar surface area (TPSA) is 87.8 Å². The Morgan fingerprint density at radius 3 is 2.77 bits per heavy atom. The molecule has 0 bridgehead atoms. The van der Waals surface area contributed by atoms with Gasteiger partial charge in [-0.15, -0.1) is 0 Å². The lowest BCUT2D eigenvalue weighted by atomic mass is 10.0. The molecule has 0 unspecified atom stereocenters. The first-order valence-electron chi connectivity index (χ1n) is 7.58. The van der Waals surface area contributed by atoms with Gasteiger partial charge in [-0.05, 0) is 31.0 Å². The van der Waals surface area contributed by atoms with Gasteiger partial charge in [-0.3, -0.25) is 4.99 Å². The highest BCUT2D eigenvalue weighted by Crippen LogP contribution is 2.20. The molecule has 1 aromatic rings. The minimum Gasteiger partial charge on any atom is -0.370 e. The number of nitrogens with two attached hydrogens (primary N) is 1. The third kappa shape index (κ3) is 4.20. The molecule has 1 fully saturated rings. The largest absolute Gasteiger partial charge is 0.370 e. The average molecular weight is 324 g/mol. The molecule has 0 radical (unpaired) electrons. The highest BCUT2D eigenvalue weighted by atomic mass is 32.2. The van der Waals surface area contributed by atoms with Gasteiger partial charge in [-0.25, -0.2) is 12.7 Å². The summed E-state index contributed by atoms with van der Waals surface area (Å²) in [7, 11) is -3.05. The summed E-state index contributed by atoms with van der Waals surface area (Å²) in [5.74, 6) is 0.772. The summed E-state index contributed by atoms with van der Waals surface area (Å²) in [5, 5.41) is 3.07. The van der Waals surface area contributed by atoms with Gasteiger partial charge in [0.25, 0.3) is 0 Å². The van der Waals surface area contributed by atoms with Crippen molar-refractivity contribution in [3.63, 3.8) is 0 Å². The Labute approximate surface area is 132 Å². The predicted octanol–water partition coefficient (Wildman–Crippen LogP) is 1.26. The van der Waals surface area contributed by atoms with Gasteiger partial charge in [0.1, 0.15) is 0 Å². The van der Waals surface area contributed by atoms with E-state index in [9.17, 15) is 8.42 Å². The van der Waals surface area contributed by atoms with Crippen LogP contribution in [0.1, 0.15) is 19.4 Å². The van der Waals surface area contributed by atoms with E-state index < -0.39 is 10.0 Å². The molecular weight excluding hydrogens is 300 g/mol. The lowest BCUT2D eigenvalue weighted by molar-refractivity contribution is 0.208. The van der Waals surface area contributed by atoms with E-state index in [1.165, 1.54) is 9.87 Å². The van der Waals surface area contributed by atoms with Crippen LogP contribution in [0.25, 0.3) is 0 Å². The minimum atomic E-state index is -3.05. The maximum Gasteiger partial charge on any atom is 0.213 e. The second kappa shape index (κ2) is 7.11. The number of hydrogen-bond acceptors (Lipinski definition) is 3. The van der Waals surface area contributed by atoms with Gasteiger partial charge in [-0.2, -0.15) is 0 Å². The van der Waals surface area contributed by atoms with Gasteiger partial charge in [0, 0.05) is 31.2 Å². The van der Waals surface area contributed by atoms with E-state index in [0.717, 1.165) is 12.1 Å². The standard InChI is InChI=1S/C15H24N4O2S/c1-3-12-6-5-7-14(8-12)18-15(16)17-9-13-10-19(11-13)22(20,21)4-2/h5-8,13H,3-4,9-11H2,1-2H3,(H3,16,17,18). The summed E-state index contributed by atoms with van der Waals surface area (Å²) in [4.78, 5) is 4.30. The first-order valence-corrected chi connectivity index (χ1v) is 9.19. The van der Waals surface area contributed by atoms with Crippen LogP contribution in [0, 0.1) is 5.92 Å². The van der Waals surface area contributed by atoms with E-state index in [1.807, 2.05) is 18.2 Å². The van der Waals surface area contributed by atoms with Crippen molar-refractivity contribution in [3.05, 3.63) is 29.8 Å². The number of rotatable bonds is 6. The van der Waals surface area contributed by atoms with E-state index in [4.69, 9.17) is 5.73 Å². The fourth-order valence-electron chi connectivity index (χ4n) is 2.33. The second-order valence-corrected chi connectivity index (χ2v) is 7.75. The summed E-state index contributed by atoms with van der Waals surface area (Å²) >= 11 is 0. The molecule has 2 rings (SSSR count). The zero-order chi connectivity index (χ0) is 16.2. The van der Waals surface area contributed by atoms with E-state index in [0.29, 0.717) is 25.6 Å². The molecular formula is C15H24N4O2S. The van der Waals surface area contributed by atoms with Gasteiger partial charge >= 0.3 is 0 Å². The lowest BCUT2D eigenvalue weighted by Gasteiger charge is -2.37. The van der Waals surface area contributed by atoms with Crippen LogP contribution < -0.4 is 11.1 Å². The van der Waals surface area contributed by atoms with E-state index >= 15 is 0 Å². The number of benzene rings is 1. The summed E-state index contributed by atoms with van der Waals surface area (Å²) in [6, 6.07) is 8.03. The number of nitrogens with zero attached hydrogens (tertiary/aromatic N) is 2. The smallest absolute Gasteiger partial charge is 0.213 e. The quantitative estimate of drug-likeness (QED) is 0.609. The minimum absolute atomic E-state index is 0.153. The normalized spacial score (nSPS) is 17.3. The van der Waals surface area contributed by atoms with Crippen molar-refractivity contribution in [2.75, 3.05) is 30.7 Å². The number of nitrogens with one attached hydrogen (secondary N) is 1. The van der Waals surface area contributed by atoms with Crippen molar-refractivity contribution in [2.45, 2.75) is 20.3 Å². The molecule has 1 heterocycles. The predicted molar refractivity (Wildman–Crippen MR) is 90.5 cm³/mol. The van der Waals surface area contributed by atoms with Crippen LogP contribution in [0.15, 0.2) is 29.3 Å². The van der Waals surface area contributed by atoms with Crippen LogP contribution in [0.4, 0.5) is 5.69 Å². The number of hydrogen-bond donors (Lipinski definition) is 2. The summed E-state index contributed by atoms with van der Waals surface area (Å²) in [6.07, 6.45) is 0.969. The maximum atomic E-state index is 11.6. The van der Waals surface area contributed by atoms with Crippen molar-refractivity contribution in [3.8, 4) is 0 Å². The highest BCUT2D eigenvalue weighted by molar-refractivity contribution is 7.89. The zero-order valence-corrected chi connectivity index (χ0v) is 13.9. The third-order valence-electron chi connectivity index (χ3n) is 3.81. The van der Waals surface area contributed by atoms with Gasteiger partial charge in [0.15, 0.2) is 5.96 Å². The van der Waals surface area contributed by atoms with Crippen LogP contribution >= 0.6 is 0 Å². The molecule has 0 amide bonds. The number of anilines is 1. The summed E-state index contributed by atoms with van der Waals surface area (Å²) < 4.78 is 24.7. The lowest BCUT2D eigenvalue weighted by Crippen LogP contribution is -2.51. The molecule has 6 nitrogen and oxygen atoms in total. The van der Waals surface area contributed by atoms with E-state index in [-0.39, 0.29) is 11.7 Å². The molecule has 0 saturated carbocycles. The Bertz CT molecular complexity index is 637. The summed E-state index contributed by atoms with van der Waals surface area (Å²) in [6.45, 7) is 5.38. The van der Waals surface area contributed by atoms with Crippen molar-refractivity contribution in [2.24, 2.45) is 16.6 Å². The van der Waals surface area contributed by atoms with Gasteiger partial charge in [0.2, 0.25) is 10.0 Å².